The predicted octanol–water partition coefficient (Wildman–Crippen LogP) is 2.68. The van der Waals surface area contributed by atoms with Crippen LogP contribution in [0.5, 0.6) is 11.6 Å². The van der Waals surface area contributed by atoms with E-state index < -0.39 is 4.92 Å². The van der Waals surface area contributed by atoms with Crippen LogP contribution in [-0.2, 0) is 13.7 Å². The molecule has 2 rings (SSSR count). The summed E-state index contributed by atoms with van der Waals surface area (Å²) in [6, 6.07) is 4.22. The molecule has 0 spiro atoms. The van der Waals surface area contributed by atoms with E-state index in [-0.39, 0.29) is 18.0 Å². The number of halogens is 1. The van der Waals surface area contributed by atoms with Crippen LogP contribution in [0.4, 0.5) is 5.69 Å². The van der Waals surface area contributed by atoms with Crippen molar-refractivity contribution in [2.75, 3.05) is 0 Å². The first-order chi connectivity index (χ1) is 9.43. The maximum Gasteiger partial charge on any atom is 0.273 e. The zero-order valence-electron chi connectivity index (χ0n) is 10.8. The number of aromatic nitrogens is 2. The molecule has 0 bridgehead atoms. The molecule has 1 aromatic heterocycles. The van der Waals surface area contributed by atoms with Crippen LogP contribution in [0.15, 0.2) is 22.7 Å². The third-order valence-corrected chi connectivity index (χ3v) is 3.43. The van der Waals surface area contributed by atoms with E-state index in [1.807, 2.05) is 0 Å². The Kier molecular flexibility index (Phi) is 4.05. The van der Waals surface area contributed by atoms with Gasteiger partial charge in [0.1, 0.15) is 0 Å². The minimum Gasteiger partial charge on any atom is -0.437 e. The smallest absolute Gasteiger partial charge is 0.273 e. The molecular formula is C12H12BrN3O4. The number of hydrogen-bond acceptors (Lipinski definition) is 5. The summed E-state index contributed by atoms with van der Waals surface area (Å²) < 4.78 is 7.72. The molecule has 20 heavy (non-hydrogen) atoms. The van der Waals surface area contributed by atoms with E-state index in [1.165, 1.54) is 22.9 Å². The molecule has 0 aliphatic carbocycles. The first-order valence-corrected chi connectivity index (χ1v) is 6.48. The fraction of sp³-hybridized carbons (Fsp3) is 0.250. The lowest BCUT2D eigenvalue weighted by atomic mass is 10.2. The van der Waals surface area contributed by atoms with E-state index in [2.05, 4.69) is 21.0 Å². The molecule has 0 atom stereocenters. The van der Waals surface area contributed by atoms with Gasteiger partial charge in [-0.15, -0.1) is 0 Å². The highest BCUT2D eigenvalue weighted by molar-refractivity contribution is 9.10. The second-order valence-electron chi connectivity index (χ2n) is 4.12. The Hall–Kier alpha value is -1.93. The number of hydrogen-bond donors (Lipinski definition) is 1. The van der Waals surface area contributed by atoms with Gasteiger partial charge in [0.15, 0.2) is 5.75 Å². The Balaban J connectivity index is 2.44. The van der Waals surface area contributed by atoms with Gasteiger partial charge in [0.05, 0.1) is 33.3 Å². The van der Waals surface area contributed by atoms with Gasteiger partial charge in [0.2, 0.25) is 5.88 Å². The molecule has 0 unspecified atom stereocenters. The highest BCUT2D eigenvalue weighted by atomic mass is 79.9. The predicted molar refractivity (Wildman–Crippen MR) is 74.7 cm³/mol. The van der Waals surface area contributed by atoms with Crippen LogP contribution in [0.1, 0.15) is 11.3 Å². The number of aliphatic hydroxyl groups excluding tert-OH is 1. The van der Waals surface area contributed by atoms with Crippen LogP contribution in [0, 0.1) is 17.0 Å². The Morgan fingerprint density at radius 1 is 1.55 bits per heavy atom. The van der Waals surface area contributed by atoms with E-state index in [0.717, 1.165) is 0 Å². The molecule has 1 N–H and O–H groups in total. The molecule has 0 fully saturated rings. The maximum atomic E-state index is 10.8. The van der Waals surface area contributed by atoms with Crippen LogP contribution in [0.25, 0.3) is 0 Å². The lowest BCUT2D eigenvalue weighted by molar-refractivity contribution is -0.384. The minimum atomic E-state index is -0.499. The first-order valence-electron chi connectivity index (χ1n) is 5.69. The number of benzene rings is 1. The van der Waals surface area contributed by atoms with Gasteiger partial charge in [-0.1, -0.05) is 0 Å². The molecule has 0 radical (unpaired) electrons. The summed E-state index contributed by atoms with van der Waals surface area (Å²) in [4.78, 5) is 10.3. The van der Waals surface area contributed by atoms with Crippen molar-refractivity contribution in [3.63, 3.8) is 0 Å². The Labute approximate surface area is 123 Å². The van der Waals surface area contributed by atoms with Gasteiger partial charge >= 0.3 is 0 Å². The number of rotatable bonds is 4. The van der Waals surface area contributed by atoms with E-state index in [9.17, 15) is 15.2 Å². The molecule has 2 aromatic rings. The van der Waals surface area contributed by atoms with Crippen LogP contribution >= 0.6 is 15.9 Å². The van der Waals surface area contributed by atoms with E-state index in [4.69, 9.17) is 4.74 Å². The number of non-ortho nitro benzene ring substituents is 1. The van der Waals surface area contributed by atoms with Crippen LogP contribution in [0.2, 0.25) is 0 Å². The second kappa shape index (κ2) is 5.59. The topological polar surface area (TPSA) is 90.4 Å². The Morgan fingerprint density at radius 3 is 2.85 bits per heavy atom. The van der Waals surface area contributed by atoms with Crippen LogP contribution in [-0.4, -0.2) is 19.8 Å². The molecule has 1 aromatic carbocycles. The number of ether oxygens (including phenoxy) is 1. The second-order valence-corrected chi connectivity index (χ2v) is 4.98. The van der Waals surface area contributed by atoms with Gasteiger partial charge in [0, 0.05) is 13.1 Å². The van der Waals surface area contributed by atoms with Gasteiger partial charge in [-0.25, -0.2) is 4.68 Å². The summed E-state index contributed by atoms with van der Waals surface area (Å²) in [6.45, 7) is 1.53. The van der Waals surface area contributed by atoms with Gasteiger partial charge in [-0.3, -0.25) is 10.1 Å². The number of aliphatic hydroxyl groups is 1. The summed E-state index contributed by atoms with van der Waals surface area (Å²) in [6.07, 6.45) is 0. The number of nitro groups is 1. The fourth-order valence-corrected chi connectivity index (χ4v) is 2.11. The molecule has 0 saturated carbocycles. The standard InChI is InChI=1S/C12H12BrN3O4/c1-7-9(6-17)12(15(2)14-7)20-11-5-8(16(18)19)3-4-10(11)13/h3-5,17H,6H2,1-2H3. The van der Waals surface area contributed by atoms with Crippen molar-refractivity contribution in [1.82, 2.24) is 9.78 Å². The molecule has 106 valence electrons. The number of aryl methyl sites for hydroxylation is 2. The summed E-state index contributed by atoms with van der Waals surface area (Å²) in [7, 11) is 1.67. The lowest BCUT2D eigenvalue weighted by Gasteiger charge is -2.09. The SMILES string of the molecule is Cc1nn(C)c(Oc2cc([N+](=O)[O-])ccc2Br)c1CO. The normalized spacial score (nSPS) is 10.6. The molecule has 8 heteroatoms. The summed E-state index contributed by atoms with van der Waals surface area (Å²) in [5, 5.41) is 24.3. The molecule has 0 aliphatic heterocycles. The Morgan fingerprint density at radius 2 is 2.25 bits per heavy atom. The highest BCUT2D eigenvalue weighted by Gasteiger charge is 2.17. The average Bonchev–Trinajstić information content (AvgIpc) is 2.66. The molecule has 0 saturated heterocycles. The largest absolute Gasteiger partial charge is 0.437 e. The van der Waals surface area contributed by atoms with E-state index >= 15 is 0 Å². The van der Waals surface area contributed by atoms with Gasteiger partial charge in [0.25, 0.3) is 5.69 Å². The van der Waals surface area contributed by atoms with Crippen molar-refractivity contribution in [3.05, 3.63) is 44.0 Å². The third kappa shape index (κ3) is 2.66. The summed E-state index contributed by atoms with van der Waals surface area (Å²) >= 11 is 3.28. The van der Waals surface area contributed by atoms with Crippen LogP contribution in [0.3, 0.4) is 0 Å². The van der Waals surface area contributed by atoms with Crippen molar-refractivity contribution < 1.29 is 14.8 Å². The zero-order chi connectivity index (χ0) is 14.9. The summed E-state index contributed by atoms with van der Waals surface area (Å²) in [5.41, 5.74) is 1.12. The molecule has 7 nitrogen and oxygen atoms in total. The minimum absolute atomic E-state index is 0.0763. The van der Waals surface area contributed by atoms with E-state index in [1.54, 1.807) is 14.0 Å². The molecular weight excluding hydrogens is 330 g/mol. The molecule has 1 heterocycles. The number of nitro benzene ring substituents is 1. The van der Waals surface area contributed by atoms with Crippen LogP contribution < -0.4 is 4.74 Å². The zero-order valence-corrected chi connectivity index (χ0v) is 12.4. The van der Waals surface area contributed by atoms with Gasteiger partial charge in [-0.05, 0) is 28.9 Å². The lowest BCUT2D eigenvalue weighted by Crippen LogP contribution is -1.98. The number of nitrogens with zero attached hydrogens (tertiary/aromatic N) is 3. The van der Waals surface area contributed by atoms with Crippen molar-refractivity contribution >= 4 is 21.6 Å². The fourth-order valence-electron chi connectivity index (χ4n) is 1.78. The highest BCUT2D eigenvalue weighted by Crippen LogP contribution is 2.34. The van der Waals surface area contributed by atoms with Crippen molar-refractivity contribution in [2.24, 2.45) is 7.05 Å². The first kappa shape index (κ1) is 14.5. The van der Waals surface area contributed by atoms with Crippen molar-refractivity contribution in [1.29, 1.82) is 0 Å². The third-order valence-electron chi connectivity index (χ3n) is 2.78. The Bertz CT molecular complexity index is 669. The quantitative estimate of drug-likeness (QED) is 0.681. The van der Waals surface area contributed by atoms with Crippen molar-refractivity contribution in [3.8, 4) is 11.6 Å². The summed E-state index contributed by atoms with van der Waals surface area (Å²) in [5.74, 6) is 0.642. The maximum absolute atomic E-state index is 10.8. The van der Waals surface area contributed by atoms with Gasteiger partial charge in [-0.2, -0.15) is 5.10 Å². The van der Waals surface area contributed by atoms with Crippen molar-refractivity contribution in [2.45, 2.75) is 13.5 Å². The average molecular weight is 342 g/mol. The molecule has 0 amide bonds. The van der Waals surface area contributed by atoms with E-state index in [0.29, 0.717) is 21.6 Å². The molecule has 0 aliphatic rings. The van der Waals surface area contributed by atoms with Gasteiger partial charge < -0.3 is 9.84 Å². The monoisotopic (exact) mass is 341 g/mol.